The van der Waals surface area contributed by atoms with Gasteiger partial charge in [-0.1, -0.05) is 49.4 Å². The van der Waals surface area contributed by atoms with Gasteiger partial charge >= 0.3 is 0 Å². The van der Waals surface area contributed by atoms with E-state index < -0.39 is 0 Å². The molecular weight excluding hydrogens is 462 g/mol. The fraction of sp³-hybridized carbons (Fsp3) is 0.467. The third-order valence-corrected chi connectivity index (χ3v) is 7.46. The number of likely N-dealkylation sites (tertiary alicyclic amines) is 1. The normalized spacial score (nSPS) is 16.9. The summed E-state index contributed by atoms with van der Waals surface area (Å²) in [6.07, 6.45) is 4.19. The average molecular weight is 502 g/mol. The zero-order valence-corrected chi connectivity index (χ0v) is 21.9. The minimum Gasteiger partial charge on any atom is -0.494 e. The van der Waals surface area contributed by atoms with Crippen LogP contribution in [0, 0.1) is 5.92 Å². The Morgan fingerprint density at radius 3 is 2.62 bits per heavy atom. The number of fused-ring (bicyclic) bond motifs is 1. The van der Waals surface area contributed by atoms with Crippen LogP contribution in [0.3, 0.4) is 0 Å². The molecule has 7 nitrogen and oxygen atoms in total. The maximum absolute atomic E-state index is 12.8. The number of H-pyrrole nitrogens is 1. The van der Waals surface area contributed by atoms with E-state index in [1.165, 1.54) is 37.1 Å². The van der Waals surface area contributed by atoms with E-state index in [-0.39, 0.29) is 5.56 Å². The third-order valence-electron chi connectivity index (χ3n) is 7.46. The van der Waals surface area contributed by atoms with E-state index >= 15 is 0 Å². The summed E-state index contributed by atoms with van der Waals surface area (Å²) in [5.74, 6) is 2.32. The number of hydrogen-bond donors (Lipinski definition) is 2. The van der Waals surface area contributed by atoms with Gasteiger partial charge in [0, 0.05) is 39.1 Å². The molecule has 5 rings (SSSR count). The maximum atomic E-state index is 12.8. The van der Waals surface area contributed by atoms with Crippen molar-refractivity contribution in [3.05, 3.63) is 87.3 Å². The molecule has 3 aromatic rings. The van der Waals surface area contributed by atoms with Crippen LogP contribution in [0.5, 0.6) is 5.75 Å². The van der Waals surface area contributed by atoms with Gasteiger partial charge in [0.25, 0.3) is 5.56 Å². The van der Waals surface area contributed by atoms with Crippen LogP contribution >= 0.6 is 0 Å². The predicted octanol–water partition coefficient (Wildman–Crippen LogP) is 4.44. The molecule has 2 aliphatic heterocycles. The molecule has 7 heteroatoms. The number of aromatic nitrogens is 2. The quantitative estimate of drug-likeness (QED) is 0.400. The zero-order chi connectivity index (χ0) is 25.5. The summed E-state index contributed by atoms with van der Waals surface area (Å²) in [7, 11) is 0. The van der Waals surface area contributed by atoms with Crippen LogP contribution in [0.4, 0.5) is 5.95 Å². The number of nitrogens with zero attached hydrogens (tertiary/aromatic N) is 3. The molecule has 2 aromatic carbocycles. The van der Waals surface area contributed by atoms with Gasteiger partial charge in [0.2, 0.25) is 5.95 Å². The van der Waals surface area contributed by atoms with E-state index in [0.717, 1.165) is 55.4 Å². The molecule has 0 saturated carbocycles. The van der Waals surface area contributed by atoms with E-state index in [1.807, 2.05) is 12.1 Å². The van der Waals surface area contributed by atoms with Crippen LogP contribution in [0.2, 0.25) is 0 Å². The van der Waals surface area contributed by atoms with Crippen molar-refractivity contribution in [3.8, 4) is 5.75 Å². The fourth-order valence-electron chi connectivity index (χ4n) is 5.22. The van der Waals surface area contributed by atoms with Crippen molar-refractivity contribution in [2.75, 3.05) is 38.1 Å². The number of hydrogen-bond acceptors (Lipinski definition) is 6. The Kier molecular flexibility index (Phi) is 8.53. The SMILES string of the molecule is CC1CCN(Cc2cccc(OCCCNc3nc4c(c(=O)[nH]3)CN(Cc3ccccc3)CC4)c2)CC1. The van der Waals surface area contributed by atoms with Gasteiger partial charge in [0.15, 0.2) is 0 Å². The topological polar surface area (TPSA) is 73.5 Å². The molecule has 0 radical (unpaired) electrons. The summed E-state index contributed by atoms with van der Waals surface area (Å²) in [6.45, 7) is 9.39. The van der Waals surface area contributed by atoms with Crippen molar-refractivity contribution in [2.45, 2.75) is 52.2 Å². The Labute approximate surface area is 219 Å². The van der Waals surface area contributed by atoms with Crippen LogP contribution < -0.4 is 15.6 Å². The molecule has 0 atom stereocenters. The largest absolute Gasteiger partial charge is 0.494 e. The van der Waals surface area contributed by atoms with E-state index in [2.05, 4.69) is 69.5 Å². The summed E-state index contributed by atoms with van der Waals surface area (Å²) < 4.78 is 6.01. The highest BCUT2D eigenvalue weighted by Crippen LogP contribution is 2.21. The summed E-state index contributed by atoms with van der Waals surface area (Å²) in [4.78, 5) is 25.2. The summed E-state index contributed by atoms with van der Waals surface area (Å²) in [6, 6.07) is 18.8. The number of piperidine rings is 1. The Morgan fingerprint density at radius 1 is 1.00 bits per heavy atom. The van der Waals surface area contributed by atoms with E-state index in [0.29, 0.717) is 25.6 Å². The molecule has 0 unspecified atom stereocenters. The average Bonchev–Trinajstić information content (AvgIpc) is 2.91. The molecule has 0 amide bonds. The minimum absolute atomic E-state index is 0.0403. The van der Waals surface area contributed by atoms with Gasteiger partial charge in [0.05, 0.1) is 17.9 Å². The van der Waals surface area contributed by atoms with Gasteiger partial charge in [-0.2, -0.15) is 0 Å². The monoisotopic (exact) mass is 501 g/mol. The smallest absolute Gasteiger partial charge is 0.257 e. The summed E-state index contributed by atoms with van der Waals surface area (Å²) in [5, 5.41) is 3.28. The molecule has 1 fully saturated rings. The van der Waals surface area contributed by atoms with Crippen LogP contribution in [0.1, 0.15) is 48.6 Å². The molecule has 0 aliphatic carbocycles. The van der Waals surface area contributed by atoms with Gasteiger partial charge in [-0.15, -0.1) is 0 Å². The minimum atomic E-state index is -0.0403. The lowest BCUT2D eigenvalue weighted by molar-refractivity contribution is 0.185. The van der Waals surface area contributed by atoms with Crippen LogP contribution in [-0.4, -0.2) is 52.6 Å². The van der Waals surface area contributed by atoms with Crippen molar-refractivity contribution < 1.29 is 4.74 Å². The molecule has 2 N–H and O–H groups in total. The Morgan fingerprint density at radius 2 is 1.78 bits per heavy atom. The maximum Gasteiger partial charge on any atom is 0.257 e. The Hall–Kier alpha value is -3.16. The highest BCUT2D eigenvalue weighted by Gasteiger charge is 2.21. The van der Waals surface area contributed by atoms with Crippen LogP contribution in [0.25, 0.3) is 0 Å². The number of benzene rings is 2. The first-order chi connectivity index (χ1) is 18.1. The van der Waals surface area contributed by atoms with Gasteiger partial charge in [-0.3, -0.25) is 19.6 Å². The van der Waals surface area contributed by atoms with Crippen molar-refractivity contribution in [1.29, 1.82) is 0 Å². The molecule has 0 spiro atoms. The Bertz CT molecular complexity index is 1200. The number of aromatic amines is 1. The third kappa shape index (κ3) is 7.21. The molecule has 1 saturated heterocycles. The van der Waals surface area contributed by atoms with E-state index in [1.54, 1.807) is 0 Å². The molecule has 2 aliphatic rings. The zero-order valence-electron chi connectivity index (χ0n) is 21.9. The highest BCUT2D eigenvalue weighted by molar-refractivity contribution is 5.31. The summed E-state index contributed by atoms with van der Waals surface area (Å²) in [5.41, 5.74) is 4.23. The molecular formula is C30H39N5O2. The second-order valence-corrected chi connectivity index (χ2v) is 10.5. The second kappa shape index (κ2) is 12.4. The van der Waals surface area contributed by atoms with Crippen molar-refractivity contribution in [1.82, 2.24) is 19.8 Å². The van der Waals surface area contributed by atoms with Crippen molar-refractivity contribution in [3.63, 3.8) is 0 Å². The van der Waals surface area contributed by atoms with E-state index in [4.69, 9.17) is 9.72 Å². The van der Waals surface area contributed by atoms with Crippen molar-refractivity contribution in [2.24, 2.45) is 5.92 Å². The molecule has 0 bridgehead atoms. The first kappa shape index (κ1) is 25.5. The van der Waals surface area contributed by atoms with Crippen LogP contribution in [0.15, 0.2) is 59.4 Å². The number of ether oxygens (including phenoxy) is 1. The highest BCUT2D eigenvalue weighted by atomic mass is 16.5. The standard InChI is InChI=1S/C30H39N5O2/c1-23-11-15-34(16-12-23)21-25-9-5-10-26(19-25)37-18-6-14-31-30-32-28-13-17-35(22-27(28)29(36)33-30)20-24-7-3-2-4-8-24/h2-5,7-10,19,23H,6,11-18,20-22H2,1H3,(H2,31,32,33,36). The second-order valence-electron chi connectivity index (χ2n) is 10.5. The van der Waals surface area contributed by atoms with Gasteiger partial charge < -0.3 is 10.1 Å². The number of nitrogens with one attached hydrogen (secondary N) is 2. The van der Waals surface area contributed by atoms with Gasteiger partial charge in [-0.25, -0.2) is 4.98 Å². The van der Waals surface area contributed by atoms with Crippen LogP contribution in [-0.2, 0) is 26.1 Å². The first-order valence-electron chi connectivity index (χ1n) is 13.7. The lowest BCUT2D eigenvalue weighted by Crippen LogP contribution is -2.35. The molecule has 37 heavy (non-hydrogen) atoms. The van der Waals surface area contributed by atoms with Crippen molar-refractivity contribution >= 4 is 5.95 Å². The fourth-order valence-corrected chi connectivity index (χ4v) is 5.22. The Balaban J connectivity index is 1.06. The number of anilines is 1. The number of rotatable bonds is 10. The molecule has 3 heterocycles. The molecule has 1 aromatic heterocycles. The lowest BCUT2D eigenvalue weighted by Gasteiger charge is -2.30. The van der Waals surface area contributed by atoms with Gasteiger partial charge in [-0.05, 0) is 61.5 Å². The lowest BCUT2D eigenvalue weighted by atomic mass is 9.99. The van der Waals surface area contributed by atoms with Gasteiger partial charge in [0.1, 0.15) is 5.75 Å². The predicted molar refractivity (Wildman–Crippen MR) is 148 cm³/mol. The summed E-state index contributed by atoms with van der Waals surface area (Å²) >= 11 is 0. The first-order valence-corrected chi connectivity index (χ1v) is 13.7. The van der Waals surface area contributed by atoms with E-state index in [9.17, 15) is 4.79 Å². The molecule has 196 valence electrons.